The number of hydrogen-bond donors (Lipinski definition) is 2. The first-order valence-electron chi connectivity index (χ1n) is 5.50. The Bertz CT molecular complexity index is 494. The number of nitrogens with zero attached hydrogens (tertiary/aromatic N) is 1. The number of carbonyl (C=O) groups excluding carboxylic acids is 1. The number of anilines is 1. The maximum atomic E-state index is 11.9. The molecule has 2 N–H and O–H groups in total. The molecule has 1 aromatic carbocycles. The first-order valence-corrected chi connectivity index (χ1v) is 5.88. The lowest BCUT2D eigenvalue weighted by atomic mass is 10.3. The molecule has 0 heterocycles. The van der Waals surface area contributed by atoms with Gasteiger partial charge < -0.3 is 10.4 Å². The third-order valence-corrected chi connectivity index (χ3v) is 2.47. The van der Waals surface area contributed by atoms with Crippen molar-refractivity contribution >= 4 is 29.3 Å². The second kappa shape index (κ2) is 7.29. The fourth-order valence-corrected chi connectivity index (χ4v) is 1.50. The molecule has 0 spiro atoms. The fraction of sp³-hybridized carbons (Fsp3) is 0.231. The summed E-state index contributed by atoms with van der Waals surface area (Å²) in [6, 6.07) is 5.80. The highest BCUT2D eigenvalue weighted by Crippen LogP contribution is 2.18. The van der Waals surface area contributed by atoms with Gasteiger partial charge >= 0.3 is 12.0 Å². The van der Waals surface area contributed by atoms with E-state index in [2.05, 4.69) is 11.2 Å². The van der Waals surface area contributed by atoms with Gasteiger partial charge in [0.1, 0.15) is 6.54 Å². The van der Waals surface area contributed by atoms with Crippen molar-refractivity contribution in [2.24, 2.45) is 0 Å². The predicted octanol–water partition coefficient (Wildman–Crippen LogP) is 1.96. The van der Waals surface area contributed by atoms with Crippen molar-refractivity contribution in [2.45, 2.75) is 6.42 Å². The van der Waals surface area contributed by atoms with Crippen molar-refractivity contribution in [3.63, 3.8) is 0 Å². The Labute approximate surface area is 116 Å². The largest absolute Gasteiger partial charge is 0.480 e. The van der Waals surface area contributed by atoms with E-state index in [9.17, 15) is 9.59 Å². The van der Waals surface area contributed by atoms with E-state index in [-0.39, 0.29) is 0 Å². The van der Waals surface area contributed by atoms with E-state index in [4.69, 9.17) is 23.1 Å². The maximum absolute atomic E-state index is 11.9. The second-order valence-corrected chi connectivity index (χ2v) is 4.08. The first-order chi connectivity index (χ1) is 9.04. The molecule has 1 rings (SSSR count). The molecular weight excluding hydrogens is 268 g/mol. The molecular formula is C13H13ClN2O3. The van der Waals surface area contributed by atoms with Gasteiger partial charge in [0.2, 0.25) is 0 Å². The average Bonchev–Trinajstić information content (AvgIpc) is 2.37. The van der Waals surface area contributed by atoms with Crippen molar-refractivity contribution < 1.29 is 14.7 Å². The summed E-state index contributed by atoms with van der Waals surface area (Å²) in [4.78, 5) is 23.8. The van der Waals surface area contributed by atoms with Crippen LogP contribution < -0.4 is 10.2 Å². The van der Waals surface area contributed by atoms with E-state index in [0.29, 0.717) is 23.7 Å². The van der Waals surface area contributed by atoms with Crippen LogP contribution in [0.15, 0.2) is 24.3 Å². The van der Waals surface area contributed by atoms with Gasteiger partial charge in [-0.15, -0.1) is 12.3 Å². The molecule has 2 amide bonds. The number of urea groups is 1. The van der Waals surface area contributed by atoms with Gasteiger partial charge in [-0.05, 0) is 24.3 Å². The number of carbonyl (C=O) groups is 2. The molecule has 0 aliphatic rings. The molecule has 0 aliphatic carbocycles. The molecule has 0 bridgehead atoms. The van der Waals surface area contributed by atoms with Crippen LogP contribution in [0.25, 0.3) is 0 Å². The second-order valence-electron chi connectivity index (χ2n) is 3.64. The van der Waals surface area contributed by atoms with Crippen molar-refractivity contribution in [1.29, 1.82) is 0 Å². The topological polar surface area (TPSA) is 69.6 Å². The Balaban J connectivity index is 2.82. The molecule has 5 nitrogen and oxygen atoms in total. The summed E-state index contributed by atoms with van der Waals surface area (Å²) < 4.78 is 0. The normalized spacial score (nSPS) is 9.47. The predicted molar refractivity (Wildman–Crippen MR) is 73.3 cm³/mol. The standard InChI is InChI=1S/C13H13ClN2O3/c1-2-3-8-15-13(19)16(9-12(17)18)11-6-4-10(14)5-7-11/h1,4-7H,3,8-9H2,(H,15,19)(H,17,18). The molecule has 0 fully saturated rings. The lowest BCUT2D eigenvalue weighted by Crippen LogP contribution is -2.43. The highest BCUT2D eigenvalue weighted by Gasteiger charge is 2.18. The molecule has 0 aliphatic heterocycles. The van der Waals surface area contributed by atoms with Crippen molar-refractivity contribution in [3.8, 4) is 12.3 Å². The highest BCUT2D eigenvalue weighted by molar-refractivity contribution is 6.30. The van der Waals surface area contributed by atoms with Gasteiger partial charge in [0.05, 0.1) is 0 Å². The summed E-state index contributed by atoms with van der Waals surface area (Å²) in [6.07, 6.45) is 5.46. The number of amides is 2. The Kier molecular flexibility index (Phi) is 5.71. The molecule has 1 aromatic rings. The minimum atomic E-state index is -1.11. The average molecular weight is 281 g/mol. The van der Waals surface area contributed by atoms with Crippen molar-refractivity contribution in [1.82, 2.24) is 5.32 Å². The van der Waals surface area contributed by atoms with E-state index >= 15 is 0 Å². The molecule has 6 heteroatoms. The molecule has 0 atom stereocenters. The zero-order chi connectivity index (χ0) is 14.3. The van der Waals surface area contributed by atoms with Gasteiger partial charge in [-0.1, -0.05) is 11.6 Å². The Morgan fingerprint density at radius 2 is 2.00 bits per heavy atom. The third kappa shape index (κ3) is 4.90. The number of carboxylic acid groups (broad SMARTS) is 1. The van der Waals surface area contributed by atoms with Crippen LogP contribution in [0.5, 0.6) is 0 Å². The summed E-state index contributed by atoms with van der Waals surface area (Å²) in [5.74, 6) is 1.27. The molecule has 100 valence electrons. The van der Waals surface area contributed by atoms with Gasteiger partial charge in [-0.3, -0.25) is 9.69 Å². The van der Waals surface area contributed by atoms with Crippen LogP contribution in [0.3, 0.4) is 0 Å². The van der Waals surface area contributed by atoms with E-state index in [0.717, 1.165) is 4.90 Å². The lowest BCUT2D eigenvalue weighted by molar-refractivity contribution is -0.135. The van der Waals surface area contributed by atoms with E-state index in [1.54, 1.807) is 24.3 Å². The molecule has 19 heavy (non-hydrogen) atoms. The number of halogens is 1. The maximum Gasteiger partial charge on any atom is 0.323 e. The van der Waals surface area contributed by atoms with Crippen LogP contribution in [-0.2, 0) is 4.79 Å². The summed E-state index contributed by atoms with van der Waals surface area (Å²) in [5, 5.41) is 11.9. The van der Waals surface area contributed by atoms with Gasteiger partial charge in [0, 0.05) is 23.7 Å². The van der Waals surface area contributed by atoms with Crippen LogP contribution in [0, 0.1) is 12.3 Å². The summed E-state index contributed by atoms with van der Waals surface area (Å²) in [7, 11) is 0. The van der Waals surface area contributed by atoms with E-state index in [1.807, 2.05) is 0 Å². The Morgan fingerprint density at radius 1 is 1.37 bits per heavy atom. The molecule has 0 unspecified atom stereocenters. The number of benzene rings is 1. The Hall–Kier alpha value is -2.19. The monoisotopic (exact) mass is 280 g/mol. The molecule has 0 saturated heterocycles. The SMILES string of the molecule is C#CCCNC(=O)N(CC(=O)O)c1ccc(Cl)cc1. The molecule has 0 radical (unpaired) electrons. The van der Waals surface area contributed by atoms with Gasteiger partial charge in [-0.2, -0.15) is 0 Å². The number of carboxylic acids is 1. The Morgan fingerprint density at radius 3 is 2.53 bits per heavy atom. The zero-order valence-electron chi connectivity index (χ0n) is 10.1. The summed E-state index contributed by atoms with van der Waals surface area (Å²) >= 11 is 5.75. The lowest BCUT2D eigenvalue weighted by Gasteiger charge is -2.21. The minimum Gasteiger partial charge on any atom is -0.480 e. The number of hydrogen-bond acceptors (Lipinski definition) is 2. The number of terminal acetylenes is 1. The van der Waals surface area contributed by atoms with Crippen molar-refractivity contribution in [3.05, 3.63) is 29.3 Å². The van der Waals surface area contributed by atoms with Crippen LogP contribution in [0.2, 0.25) is 5.02 Å². The summed E-state index contributed by atoms with van der Waals surface area (Å²) in [6.45, 7) is -0.150. The van der Waals surface area contributed by atoms with E-state index in [1.165, 1.54) is 0 Å². The fourth-order valence-electron chi connectivity index (χ4n) is 1.37. The highest BCUT2D eigenvalue weighted by atomic mass is 35.5. The van der Waals surface area contributed by atoms with E-state index < -0.39 is 18.5 Å². The minimum absolute atomic E-state index is 0.291. The van der Waals surface area contributed by atoms with Crippen LogP contribution in [0.4, 0.5) is 10.5 Å². The third-order valence-electron chi connectivity index (χ3n) is 2.22. The van der Waals surface area contributed by atoms with Crippen LogP contribution >= 0.6 is 11.6 Å². The number of rotatable bonds is 5. The number of nitrogens with one attached hydrogen (secondary N) is 1. The van der Waals surface area contributed by atoms with Gasteiger partial charge in [0.25, 0.3) is 0 Å². The zero-order valence-corrected chi connectivity index (χ0v) is 10.9. The molecule has 0 saturated carbocycles. The number of aliphatic carboxylic acids is 1. The smallest absolute Gasteiger partial charge is 0.323 e. The summed E-state index contributed by atoms with van der Waals surface area (Å²) in [5.41, 5.74) is 0.449. The quantitative estimate of drug-likeness (QED) is 0.640. The van der Waals surface area contributed by atoms with Crippen LogP contribution in [0.1, 0.15) is 6.42 Å². The first kappa shape index (κ1) is 14.9. The molecule has 0 aromatic heterocycles. The van der Waals surface area contributed by atoms with Gasteiger partial charge in [-0.25, -0.2) is 4.79 Å². The van der Waals surface area contributed by atoms with Crippen LogP contribution in [-0.4, -0.2) is 30.2 Å². The van der Waals surface area contributed by atoms with Crippen molar-refractivity contribution in [2.75, 3.05) is 18.0 Å². The van der Waals surface area contributed by atoms with Gasteiger partial charge in [0.15, 0.2) is 0 Å².